The van der Waals surface area contributed by atoms with Crippen LogP contribution in [-0.2, 0) is 0 Å². The monoisotopic (exact) mass is 348 g/mol. The van der Waals surface area contributed by atoms with E-state index in [0.29, 0.717) is 0 Å². The van der Waals surface area contributed by atoms with Crippen LogP contribution in [0.5, 0.6) is 0 Å². The van der Waals surface area contributed by atoms with Gasteiger partial charge in [0.1, 0.15) is 0 Å². The number of para-hydroxylation sites is 2. The number of anilines is 2. The second-order valence-electron chi connectivity index (χ2n) is 4.15. The van der Waals surface area contributed by atoms with Crippen molar-refractivity contribution in [1.82, 2.24) is 4.42 Å². The molecule has 0 bridgehead atoms. The Balaban J connectivity index is 2.53. The Morgan fingerprint density at radius 3 is 2.05 bits per heavy atom. The second-order valence-corrected chi connectivity index (χ2v) is 4.90. The highest BCUT2D eigenvalue weighted by atomic mass is 35.5. The summed E-state index contributed by atoms with van der Waals surface area (Å²) in [6.07, 6.45) is -5.02. The number of hydrogen-bond acceptors (Lipinski definition) is 1. The molecule has 2 aromatic carbocycles. The van der Waals surface area contributed by atoms with Crippen LogP contribution < -0.4 is 4.90 Å². The van der Waals surface area contributed by atoms with Crippen molar-refractivity contribution in [3.05, 3.63) is 59.6 Å². The molecule has 3 nitrogen and oxygen atoms in total. The molecular weight excluding hydrogens is 340 g/mol. The van der Waals surface area contributed by atoms with Crippen LogP contribution >= 0.6 is 23.4 Å². The summed E-state index contributed by atoms with van der Waals surface area (Å²) in [5.41, 5.74) is 0.297. The van der Waals surface area contributed by atoms with Gasteiger partial charge in [0.15, 0.2) is 0 Å². The molecule has 2 rings (SSSR count). The van der Waals surface area contributed by atoms with Gasteiger partial charge in [0, 0.05) is 11.8 Å². The van der Waals surface area contributed by atoms with Crippen molar-refractivity contribution < 1.29 is 18.0 Å². The molecule has 0 radical (unpaired) electrons. The van der Waals surface area contributed by atoms with Gasteiger partial charge < -0.3 is 0 Å². The van der Waals surface area contributed by atoms with E-state index in [1.54, 1.807) is 30.3 Å². The lowest BCUT2D eigenvalue weighted by molar-refractivity contribution is -0.192. The van der Waals surface area contributed by atoms with E-state index >= 15 is 0 Å². The summed E-state index contributed by atoms with van der Waals surface area (Å²) in [5.74, 6) is 0. The molecule has 0 saturated carbocycles. The first-order valence-corrected chi connectivity index (χ1v) is 6.70. The van der Waals surface area contributed by atoms with Crippen LogP contribution in [0.15, 0.2) is 54.6 Å². The Morgan fingerprint density at radius 2 is 1.50 bits per heavy atom. The minimum atomic E-state index is -5.02. The Hall–Kier alpha value is -1.92. The third kappa shape index (κ3) is 3.45. The van der Waals surface area contributed by atoms with Crippen LogP contribution in [0.2, 0.25) is 5.02 Å². The van der Waals surface area contributed by atoms with E-state index in [4.69, 9.17) is 23.4 Å². The number of urea groups is 1. The Morgan fingerprint density at radius 1 is 0.955 bits per heavy atom. The van der Waals surface area contributed by atoms with Gasteiger partial charge in [0.05, 0.1) is 16.4 Å². The predicted octanol–water partition coefficient (Wildman–Crippen LogP) is 5.57. The van der Waals surface area contributed by atoms with Gasteiger partial charge in [-0.25, -0.2) is 4.79 Å². The predicted molar refractivity (Wildman–Crippen MR) is 79.2 cm³/mol. The molecule has 0 aliphatic carbocycles. The minimum absolute atomic E-state index is 0.0928. The highest BCUT2D eigenvalue weighted by Crippen LogP contribution is 2.35. The Bertz CT molecular complexity index is 665. The van der Waals surface area contributed by atoms with Crippen molar-refractivity contribution >= 4 is 40.8 Å². The number of nitrogens with zero attached hydrogens (tertiary/aromatic N) is 2. The molecule has 0 aliphatic heterocycles. The first-order chi connectivity index (χ1) is 10.3. The largest absolute Gasteiger partial charge is 0.503 e. The number of benzene rings is 2. The van der Waals surface area contributed by atoms with Gasteiger partial charge in [-0.3, -0.25) is 4.90 Å². The van der Waals surface area contributed by atoms with Crippen molar-refractivity contribution in [2.24, 2.45) is 0 Å². The van der Waals surface area contributed by atoms with Gasteiger partial charge in [-0.05, 0) is 24.3 Å². The highest BCUT2D eigenvalue weighted by molar-refractivity contribution is 6.34. The van der Waals surface area contributed by atoms with E-state index < -0.39 is 16.8 Å². The van der Waals surface area contributed by atoms with Crippen molar-refractivity contribution in [2.75, 3.05) is 4.90 Å². The maximum absolute atomic E-state index is 12.7. The molecule has 8 heteroatoms. The number of halogens is 5. The van der Waals surface area contributed by atoms with Crippen LogP contribution in [0.4, 0.5) is 29.3 Å². The molecule has 0 spiro atoms. The molecule has 0 unspecified atom stereocenters. The normalized spacial score (nSPS) is 11.1. The minimum Gasteiger partial charge on any atom is -0.260 e. The molecular formula is C14H9Cl2F3N2O. The average molecular weight is 349 g/mol. The Labute approximate surface area is 134 Å². The van der Waals surface area contributed by atoms with Crippen molar-refractivity contribution in [3.8, 4) is 0 Å². The van der Waals surface area contributed by atoms with Gasteiger partial charge in [-0.1, -0.05) is 41.9 Å². The Kier molecular flexibility index (Phi) is 4.83. The van der Waals surface area contributed by atoms with Gasteiger partial charge in [0.25, 0.3) is 0 Å². The van der Waals surface area contributed by atoms with Crippen molar-refractivity contribution in [2.45, 2.75) is 6.30 Å². The molecule has 2 aromatic rings. The fraction of sp³-hybridized carbons (Fsp3) is 0.0714. The van der Waals surface area contributed by atoms with Gasteiger partial charge >= 0.3 is 12.3 Å². The summed E-state index contributed by atoms with van der Waals surface area (Å²) in [4.78, 5) is 13.0. The van der Waals surface area contributed by atoms with E-state index in [1.807, 2.05) is 0 Å². The number of carbonyl (C=O) groups excluding carboxylic acids is 1. The SMILES string of the molecule is O=C(N(c1ccccc1)c1ccccc1Cl)N(Cl)C(F)(F)F. The zero-order valence-electron chi connectivity index (χ0n) is 10.9. The number of alkyl halides is 3. The van der Waals surface area contributed by atoms with E-state index in [0.717, 1.165) is 4.90 Å². The van der Waals surface area contributed by atoms with Gasteiger partial charge in [0.2, 0.25) is 0 Å². The molecule has 0 N–H and O–H groups in total. The van der Waals surface area contributed by atoms with Crippen LogP contribution in [0.3, 0.4) is 0 Å². The van der Waals surface area contributed by atoms with Crippen LogP contribution in [-0.4, -0.2) is 16.8 Å². The third-order valence-corrected chi connectivity index (χ3v) is 3.35. The molecule has 116 valence electrons. The molecule has 22 heavy (non-hydrogen) atoms. The summed E-state index contributed by atoms with van der Waals surface area (Å²) < 4.78 is 37.3. The molecule has 0 aliphatic rings. The number of rotatable bonds is 2. The lowest BCUT2D eigenvalue weighted by Gasteiger charge is -2.28. The lowest BCUT2D eigenvalue weighted by atomic mass is 10.2. The summed E-state index contributed by atoms with van der Waals surface area (Å²) in [6, 6.07) is 12.3. The zero-order chi connectivity index (χ0) is 16.3. The summed E-state index contributed by atoms with van der Waals surface area (Å²) in [7, 11) is 0. The molecule has 2 amide bonds. The second kappa shape index (κ2) is 6.46. The summed E-state index contributed by atoms with van der Waals surface area (Å²) in [6.45, 7) is 0. The van der Waals surface area contributed by atoms with Gasteiger partial charge in [-0.15, -0.1) is 17.6 Å². The highest BCUT2D eigenvalue weighted by Gasteiger charge is 2.43. The fourth-order valence-electron chi connectivity index (χ4n) is 1.76. The third-order valence-electron chi connectivity index (χ3n) is 2.69. The van der Waals surface area contributed by atoms with E-state index in [-0.39, 0.29) is 16.4 Å². The summed E-state index contributed by atoms with van der Waals surface area (Å²) >= 11 is 11.1. The number of carbonyl (C=O) groups is 1. The van der Waals surface area contributed by atoms with Crippen molar-refractivity contribution in [3.63, 3.8) is 0 Å². The molecule has 0 atom stereocenters. The quantitative estimate of drug-likeness (QED) is 0.513. The maximum atomic E-state index is 12.7. The molecule has 0 heterocycles. The fourth-order valence-corrected chi connectivity index (χ4v) is 2.05. The van der Waals surface area contributed by atoms with Gasteiger partial charge in [-0.2, -0.15) is 0 Å². The van der Waals surface area contributed by atoms with E-state index in [2.05, 4.69) is 0 Å². The van der Waals surface area contributed by atoms with Crippen LogP contribution in [0.25, 0.3) is 0 Å². The molecule has 0 saturated heterocycles. The van der Waals surface area contributed by atoms with Crippen LogP contribution in [0, 0.1) is 0 Å². The zero-order valence-corrected chi connectivity index (χ0v) is 12.4. The topological polar surface area (TPSA) is 23.6 Å². The smallest absolute Gasteiger partial charge is 0.260 e. The van der Waals surface area contributed by atoms with E-state index in [1.165, 1.54) is 24.3 Å². The molecule has 0 aromatic heterocycles. The first kappa shape index (κ1) is 16.5. The standard InChI is InChI=1S/C14H9Cl2F3N2O/c15-11-8-4-5-9-12(11)20(10-6-2-1-3-7-10)13(22)21(16)14(17,18)19/h1-9H. The summed E-state index contributed by atoms with van der Waals surface area (Å²) in [5, 5.41) is 0.118. The number of amides is 2. The first-order valence-electron chi connectivity index (χ1n) is 5.99. The average Bonchev–Trinajstić information content (AvgIpc) is 2.48. The van der Waals surface area contributed by atoms with Crippen LogP contribution in [0.1, 0.15) is 0 Å². The van der Waals surface area contributed by atoms with Crippen molar-refractivity contribution in [1.29, 1.82) is 0 Å². The molecule has 0 fully saturated rings. The van der Waals surface area contributed by atoms with E-state index in [9.17, 15) is 18.0 Å². The number of hydrogen-bond donors (Lipinski definition) is 0. The maximum Gasteiger partial charge on any atom is 0.503 e. The lowest BCUT2D eigenvalue weighted by Crippen LogP contribution is -2.43.